The summed E-state index contributed by atoms with van der Waals surface area (Å²) in [7, 11) is 0. The summed E-state index contributed by atoms with van der Waals surface area (Å²) in [5, 5.41) is 30.6. The van der Waals surface area contributed by atoms with Crippen LogP contribution in [0.3, 0.4) is 0 Å². The molecule has 22 heavy (non-hydrogen) atoms. The maximum atomic E-state index is 10.5. The lowest BCUT2D eigenvalue weighted by atomic mass is 9.49. The zero-order valence-electron chi connectivity index (χ0n) is 13.6. The Morgan fingerprint density at radius 1 is 1.14 bits per heavy atom. The maximum Gasteiger partial charge on any atom is 0.0855 e. The van der Waals surface area contributed by atoms with Gasteiger partial charge in [-0.1, -0.05) is 37.6 Å². The highest BCUT2D eigenvalue weighted by Gasteiger charge is 2.60. The average molecular weight is 304 g/mol. The zero-order chi connectivity index (χ0) is 15.7. The molecule has 0 aromatic heterocycles. The van der Waals surface area contributed by atoms with Gasteiger partial charge in [0.1, 0.15) is 0 Å². The second-order valence-corrected chi connectivity index (χ2v) is 8.55. The van der Waals surface area contributed by atoms with Gasteiger partial charge >= 0.3 is 0 Å². The van der Waals surface area contributed by atoms with Crippen LogP contribution >= 0.6 is 0 Å². The lowest BCUT2D eigenvalue weighted by Crippen LogP contribution is -2.50. The molecule has 4 aliphatic carbocycles. The van der Waals surface area contributed by atoms with E-state index >= 15 is 0 Å². The molecule has 122 valence electrons. The second-order valence-electron chi connectivity index (χ2n) is 8.55. The highest BCUT2D eigenvalue weighted by molar-refractivity contribution is 5.33. The molecule has 0 amide bonds. The molecule has 3 N–H and O–H groups in total. The number of aliphatic hydroxyl groups excluding tert-OH is 3. The Labute approximate surface area is 132 Å². The van der Waals surface area contributed by atoms with Gasteiger partial charge in [0, 0.05) is 5.41 Å². The van der Waals surface area contributed by atoms with Gasteiger partial charge in [0.2, 0.25) is 0 Å². The van der Waals surface area contributed by atoms with Crippen molar-refractivity contribution in [1.82, 2.24) is 0 Å². The lowest BCUT2D eigenvalue weighted by molar-refractivity contribution is -0.0705. The molecule has 8 atom stereocenters. The summed E-state index contributed by atoms with van der Waals surface area (Å²) in [5.74, 6) is 1.53. The number of hydrogen-bond donors (Lipinski definition) is 3. The van der Waals surface area contributed by atoms with Crippen LogP contribution in [0.4, 0.5) is 0 Å². The van der Waals surface area contributed by atoms with Gasteiger partial charge in [-0.25, -0.2) is 0 Å². The second kappa shape index (κ2) is 4.68. The van der Waals surface area contributed by atoms with E-state index in [2.05, 4.69) is 26.0 Å². The van der Waals surface area contributed by atoms with E-state index < -0.39 is 12.2 Å². The van der Waals surface area contributed by atoms with E-state index in [0.717, 1.165) is 32.1 Å². The van der Waals surface area contributed by atoms with Crippen molar-refractivity contribution in [3.63, 3.8) is 0 Å². The van der Waals surface area contributed by atoms with Gasteiger partial charge in [0.25, 0.3) is 0 Å². The van der Waals surface area contributed by atoms with Crippen LogP contribution in [0, 0.1) is 28.6 Å². The third-order valence-corrected chi connectivity index (χ3v) is 7.60. The first kappa shape index (κ1) is 14.9. The molecule has 4 rings (SSSR count). The standard InChI is InChI=1S/C19H28O3/c1-18-7-5-12(20)9-11(18)3-4-13-14(18)6-8-19(2)15(13)10-16(21)17(19)22/h3,5,7,12-17,20-22H,4,6,8-10H2,1-2H3/t12-,13-,14+,15+,16-,17+,18+,19+/m1/s1. The van der Waals surface area contributed by atoms with Crippen LogP contribution in [0.2, 0.25) is 0 Å². The predicted octanol–water partition coefficient (Wildman–Crippen LogP) is 2.42. The normalized spacial score (nSPS) is 56.9. The van der Waals surface area contributed by atoms with Gasteiger partial charge in [0.05, 0.1) is 18.3 Å². The first-order valence-electron chi connectivity index (χ1n) is 8.79. The molecule has 0 heterocycles. The van der Waals surface area contributed by atoms with Crippen molar-refractivity contribution in [2.24, 2.45) is 28.6 Å². The van der Waals surface area contributed by atoms with Crippen LogP contribution in [0.15, 0.2) is 23.8 Å². The lowest BCUT2D eigenvalue weighted by Gasteiger charge is -2.56. The maximum absolute atomic E-state index is 10.5. The minimum atomic E-state index is -0.569. The first-order valence-corrected chi connectivity index (χ1v) is 8.79. The fraction of sp³-hybridized carbons (Fsp3) is 0.789. The number of aliphatic hydroxyl groups is 3. The fourth-order valence-electron chi connectivity index (χ4n) is 6.22. The smallest absolute Gasteiger partial charge is 0.0855 e. The van der Waals surface area contributed by atoms with Crippen LogP contribution in [0.1, 0.15) is 46.0 Å². The third kappa shape index (κ3) is 1.79. The molecule has 3 heteroatoms. The largest absolute Gasteiger partial charge is 0.390 e. The summed E-state index contributed by atoms with van der Waals surface area (Å²) in [6, 6.07) is 0. The molecule has 0 saturated heterocycles. The van der Waals surface area contributed by atoms with E-state index in [-0.39, 0.29) is 16.9 Å². The van der Waals surface area contributed by atoms with E-state index in [4.69, 9.17) is 0 Å². The third-order valence-electron chi connectivity index (χ3n) is 7.60. The Morgan fingerprint density at radius 2 is 1.91 bits per heavy atom. The Kier molecular flexibility index (Phi) is 3.18. The first-order chi connectivity index (χ1) is 10.4. The van der Waals surface area contributed by atoms with Crippen LogP contribution in [-0.2, 0) is 0 Å². The molecule has 0 bridgehead atoms. The molecule has 0 aromatic carbocycles. The zero-order valence-corrected chi connectivity index (χ0v) is 13.6. The Hall–Kier alpha value is -0.640. The van der Waals surface area contributed by atoms with Crippen molar-refractivity contribution >= 4 is 0 Å². The Bertz CT molecular complexity index is 539. The molecule has 0 aliphatic heterocycles. The molecule has 0 spiro atoms. The van der Waals surface area contributed by atoms with E-state index in [0.29, 0.717) is 17.8 Å². The van der Waals surface area contributed by atoms with Crippen molar-refractivity contribution in [2.75, 3.05) is 0 Å². The topological polar surface area (TPSA) is 60.7 Å². The highest BCUT2D eigenvalue weighted by atomic mass is 16.3. The van der Waals surface area contributed by atoms with E-state index in [9.17, 15) is 15.3 Å². The van der Waals surface area contributed by atoms with E-state index in [1.165, 1.54) is 5.57 Å². The number of rotatable bonds is 0. The van der Waals surface area contributed by atoms with E-state index in [1.54, 1.807) is 0 Å². The van der Waals surface area contributed by atoms with Crippen LogP contribution < -0.4 is 0 Å². The summed E-state index contributed by atoms with van der Waals surface area (Å²) < 4.78 is 0. The molecule has 2 saturated carbocycles. The minimum absolute atomic E-state index is 0.0575. The highest BCUT2D eigenvalue weighted by Crippen LogP contribution is 2.63. The summed E-state index contributed by atoms with van der Waals surface area (Å²) in [4.78, 5) is 0. The molecule has 0 aromatic rings. The van der Waals surface area contributed by atoms with Gasteiger partial charge in [-0.2, -0.15) is 0 Å². The van der Waals surface area contributed by atoms with Crippen LogP contribution in [0.25, 0.3) is 0 Å². The van der Waals surface area contributed by atoms with Crippen molar-refractivity contribution in [3.05, 3.63) is 23.8 Å². The van der Waals surface area contributed by atoms with Gasteiger partial charge in [-0.15, -0.1) is 0 Å². The number of allylic oxidation sites excluding steroid dienone is 2. The number of fused-ring (bicyclic) bond motifs is 5. The molecule has 3 nitrogen and oxygen atoms in total. The van der Waals surface area contributed by atoms with Crippen molar-refractivity contribution in [3.8, 4) is 0 Å². The van der Waals surface area contributed by atoms with Gasteiger partial charge in [-0.05, 0) is 55.3 Å². The Morgan fingerprint density at radius 3 is 2.68 bits per heavy atom. The molecular formula is C19H28O3. The molecule has 2 fully saturated rings. The summed E-state index contributed by atoms with van der Waals surface area (Å²) in [6.45, 7) is 4.50. The average Bonchev–Trinajstić information content (AvgIpc) is 2.72. The van der Waals surface area contributed by atoms with E-state index in [1.807, 2.05) is 6.08 Å². The summed E-state index contributed by atoms with van der Waals surface area (Å²) >= 11 is 0. The predicted molar refractivity (Wildman–Crippen MR) is 85.0 cm³/mol. The van der Waals surface area contributed by atoms with Crippen LogP contribution in [0.5, 0.6) is 0 Å². The monoisotopic (exact) mass is 304 g/mol. The van der Waals surface area contributed by atoms with Crippen LogP contribution in [-0.4, -0.2) is 33.6 Å². The fourth-order valence-corrected chi connectivity index (χ4v) is 6.22. The van der Waals surface area contributed by atoms with Gasteiger partial charge in [-0.3, -0.25) is 0 Å². The van der Waals surface area contributed by atoms with Crippen molar-refractivity contribution in [1.29, 1.82) is 0 Å². The molecule has 4 aliphatic rings. The van der Waals surface area contributed by atoms with Crippen molar-refractivity contribution < 1.29 is 15.3 Å². The summed E-state index contributed by atoms with van der Waals surface area (Å²) in [5.41, 5.74) is 1.33. The van der Waals surface area contributed by atoms with Gasteiger partial charge in [0.15, 0.2) is 0 Å². The SMILES string of the molecule is C[C@]12CC[C@H]3[C@@H](CC=C4C[C@H](O)C=C[C@@]43C)[C@@H]1C[C@@H](O)[C@@H]2O. The quantitative estimate of drug-likeness (QED) is 0.602. The summed E-state index contributed by atoms with van der Waals surface area (Å²) in [6.07, 6.45) is 9.72. The van der Waals surface area contributed by atoms with Crippen molar-refractivity contribution in [2.45, 2.75) is 64.3 Å². The Balaban J connectivity index is 1.71. The minimum Gasteiger partial charge on any atom is -0.390 e. The van der Waals surface area contributed by atoms with Gasteiger partial charge < -0.3 is 15.3 Å². The molecule has 0 unspecified atom stereocenters. The number of hydrogen-bond acceptors (Lipinski definition) is 3. The molecular weight excluding hydrogens is 276 g/mol. The molecule has 0 radical (unpaired) electrons.